The number of hydrogen-bond donors (Lipinski definition) is 1. The van der Waals surface area contributed by atoms with Gasteiger partial charge in [-0.05, 0) is 30.6 Å². The molecule has 0 aliphatic heterocycles. The van der Waals surface area contributed by atoms with E-state index in [-0.39, 0.29) is 0 Å². The SMILES string of the molecule is CO[Si](C)(CC(C)CNc1ccccc1)OC. The summed E-state index contributed by atoms with van der Waals surface area (Å²) >= 11 is 0. The molecule has 17 heavy (non-hydrogen) atoms. The molecule has 0 spiro atoms. The largest absolute Gasteiger partial charge is 0.398 e. The fourth-order valence-corrected chi connectivity index (χ4v) is 3.71. The average molecular weight is 253 g/mol. The minimum Gasteiger partial charge on any atom is -0.398 e. The van der Waals surface area contributed by atoms with Crippen molar-refractivity contribution in [3.63, 3.8) is 0 Å². The van der Waals surface area contributed by atoms with E-state index in [1.165, 1.54) is 0 Å². The number of rotatable bonds is 7. The zero-order chi connectivity index (χ0) is 12.7. The van der Waals surface area contributed by atoms with Crippen LogP contribution in [0.3, 0.4) is 0 Å². The van der Waals surface area contributed by atoms with Gasteiger partial charge in [0.15, 0.2) is 0 Å². The highest BCUT2D eigenvalue weighted by molar-refractivity contribution is 6.66. The first kappa shape index (κ1) is 14.2. The summed E-state index contributed by atoms with van der Waals surface area (Å²) in [5.74, 6) is 0.534. The van der Waals surface area contributed by atoms with E-state index < -0.39 is 8.56 Å². The van der Waals surface area contributed by atoms with Gasteiger partial charge in [0.2, 0.25) is 0 Å². The van der Waals surface area contributed by atoms with E-state index in [0.717, 1.165) is 18.3 Å². The third-order valence-corrected chi connectivity index (χ3v) is 6.18. The number of anilines is 1. The van der Waals surface area contributed by atoms with E-state index in [0.29, 0.717) is 5.92 Å². The topological polar surface area (TPSA) is 30.5 Å². The fourth-order valence-electron chi connectivity index (χ4n) is 1.80. The molecule has 1 unspecified atom stereocenters. The van der Waals surface area contributed by atoms with Crippen molar-refractivity contribution >= 4 is 14.2 Å². The van der Waals surface area contributed by atoms with Crippen molar-refractivity contribution in [2.45, 2.75) is 19.5 Å². The summed E-state index contributed by atoms with van der Waals surface area (Å²) < 4.78 is 11.0. The van der Waals surface area contributed by atoms with Crippen LogP contribution in [0.2, 0.25) is 12.6 Å². The summed E-state index contributed by atoms with van der Waals surface area (Å²) in [7, 11) is 1.55. The Balaban J connectivity index is 2.37. The second-order valence-electron chi connectivity index (χ2n) is 4.60. The van der Waals surface area contributed by atoms with E-state index in [2.05, 4.69) is 30.9 Å². The minimum absolute atomic E-state index is 0.534. The van der Waals surface area contributed by atoms with Gasteiger partial charge in [-0.2, -0.15) is 0 Å². The molecule has 0 amide bonds. The van der Waals surface area contributed by atoms with Gasteiger partial charge in [-0.25, -0.2) is 0 Å². The van der Waals surface area contributed by atoms with Crippen LogP contribution in [0.15, 0.2) is 30.3 Å². The molecule has 0 heterocycles. The lowest BCUT2D eigenvalue weighted by Crippen LogP contribution is -2.38. The second-order valence-corrected chi connectivity index (χ2v) is 8.09. The zero-order valence-electron chi connectivity index (χ0n) is 11.2. The second kappa shape index (κ2) is 6.79. The highest BCUT2D eigenvalue weighted by atomic mass is 28.4. The van der Waals surface area contributed by atoms with Crippen LogP contribution in [0.25, 0.3) is 0 Å². The van der Waals surface area contributed by atoms with E-state index in [1.807, 2.05) is 18.2 Å². The normalized spacial score (nSPS) is 13.4. The van der Waals surface area contributed by atoms with Gasteiger partial charge in [0.25, 0.3) is 0 Å². The lowest BCUT2D eigenvalue weighted by Gasteiger charge is -2.26. The van der Waals surface area contributed by atoms with Gasteiger partial charge in [0.05, 0.1) is 0 Å². The Bertz CT molecular complexity index is 314. The smallest absolute Gasteiger partial charge is 0.334 e. The fraction of sp³-hybridized carbons (Fsp3) is 0.538. The van der Waals surface area contributed by atoms with Crippen molar-refractivity contribution in [2.24, 2.45) is 5.92 Å². The molecule has 4 heteroatoms. The van der Waals surface area contributed by atoms with Crippen molar-refractivity contribution in [1.29, 1.82) is 0 Å². The molecule has 0 aliphatic carbocycles. The van der Waals surface area contributed by atoms with Crippen molar-refractivity contribution in [2.75, 3.05) is 26.1 Å². The van der Waals surface area contributed by atoms with E-state index in [9.17, 15) is 0 Å². The van der Waals surface area contributed by atoms with Gasteiger partial charge in [0.1, 0.15) is 0 Å². The average Bonchev–Trinajstić information content (AvgIpc) is 2.37. The Morgan fingerprint density at radius 1 is 1.18 bits per heavy atom. The van der Waals surface area contributed by atoms with Crippen molar-refractivity contribution in [3.8, 4) is 0 Å². The first-order valence-corrected chi connectivity index (χ1v) is 8.51. The van der Waals surface area contributed by atoms with Crippen LogP contribution >= 0.6 is 0 Å². The molecule has 1 aromatic rings. The summed E-state index contributed by atoms with van der Waals surface area (Å²) in [6.45, 7) is 5.27. The Labute approximate surface area is 105 Å². The van der Waals surface area contributed by atoms with Crippen molar-refractivity contribution < 1.29 is 8.85 Å². The van der Waals surface area contributed by atoms with Crippen LogP contribution in [0.1, 0.15) is 6.92 Å². The highest BCUT2D eigenvalue weighted by Crippen LogP contribution is 2.18. The zero-order valence-corrected chi connectivity index (χ0v) is 12.2. The summed E-state index contributed by atoms with van der Waals surface area (Å²) in [6.07, 6.45) is 0. The van der Waals surface area contributed by atoms with E-state index in [4.69, 9.17) is 8.85 Å². The Morgan fingerprint density at radius 3 is 2.29 bits per heavy atom. The third-order valence-electron chi connectivity index (χ3n) is 3.01. The molecular formula is C13H23NO2Si. The van der Waals surface area contributed by atoms with Gasteiger partial charge >= 0.3 is 8.56 Å². The first-order valence-electron chi connectivity index (χ1n) is 5.99. The predicted molar refractivity (Wildman–Crippen MR) is 74.5 cm³/mol. The van der Waals surface area contributed by atoms with Crippen molar-refractivity contribution in [3.05, 3.63) is 30.3 Å². The predicted octanol–water partition coefficient (Wildman–Crippen LogP) is 3.10. The molecule has 1 atom stereocenters. The molecule has 0 saturated heterocycles. The lowest BCUT2D eigenvalue weighted by atomic mass is 10.2. The maximum atomic E-state index is 5.50. The molecule has 1 N–H and O–H groups in total. The number of hydrogen-bond acceptors (Lipinski definition) is 3. The number of benzene rings is 1. The Hall–Kier alpha value is -0.843. The highest BCUT2D eigenvalue weighted by Gasteiger charge is 2.30. The monoisotopic (exact) mass is 253 g/mol. The summed E-state index contributed by atoms with van der Waals surface area (Å²) in [5, 5.41) is 3.43. The standard InChI is InChI=1S/C13H23NO2Si/c1-12(11-17(4,15-2)16-3)10-14-13-8-6-5-7-9-13/h5-9,12,14H,10-11H2,1-4H3. The van der Waals surface area contributed by atoms with Crippen LogP contribution in [-0.2, 0) is 8.85 Å². The van der Waals surface area contributed by atoms with Gasteiger partial charge in [-0.1, -0.05) is 25.1 Å². The van der Waals surface area contributed by atoms with Gasteiger partial charge < -0.3 is 14.2 Å². The minimum atomic E-state index is -1.94. The molecule has 0 aromatic heterocycles. The van der Waals surface area contributed by atoms with Crippen LogP contribution < -0.4 is 5.32 Å². The Kier molecular flexibility index (Phi) is 5.68. The maximum Gasteiger partial charge on any atom is 0.334 e. The molecule has 1 rings (SSSR count). The number of nitrogens with one attached hydrogen (secondary N) is 1. The first-order chi connectivity index (χ1) is 8.09. The quantitative estimate of drug-likeness (QED) is 0.757. The summed E-state index contributed by atoms with van der Waals surface area (Å²) in [6, 6.07) is 11.3. The molecule has 3 nitrogen and oxygen atoms in total. The van der Waals surface area contributed by atoms with E-state index in [1.54, 1.807) is 14.2 Å². The van der Waals surface area contributed by atoms with Gasteiger partial charge in [-0.15, -0.1) is 0 Å². The summed E-state index contributed by atoms with van der Waals surface area (Å²) in [4.78, 5) is 0. The molecule has 96 valence electrons. The third kappa shape index (κ3) is 4.89. The molecule has 0 radical (unpaired) electrons. The Morgan fingerprint density at radius 2 is 1.76 bits per heavy atom. The van der Waals surface area contributed by atoms with Crippen LogP contribution in [0.4, 0.5) is 5.69 Å². The lowest BCUT2D eigenvalue weighted by molar-refractivity contribution is 0.243. The molecule has 0 saturated carbocycles. The van der Waals surface area contributed by atoms with E-state index >= 15 is 0 Å². The molecule has 1 aromatic carbocycles. The summed E-state index contributed by atoms with van der Waals surface area (Å²) in [5.41, 5.74) is 1.16. The number of para-hydroxylation sites is 1. The van der Waals surface area contributed by atoms with Crippen molar-refractivity contribution in [1.82, 2.24) is 0 Å². The molecule has 0 aliphatic rings. The van der Waals surface area contributed by atoms with Crippen LogP contribution in [0.5, 0.6) is 0 Å². The molecule has 0 fully saturated rings. The van der Waals surface area contributed by atoms with Gasteiger partial charge in [0, 0.05) is 26.5 Å². The van der Waals surface area contributed by atoms with Gasteiger partial charge in [-0.3, -0.25) is 0 Å². The molecule has 0 bridgehead atoms. The maximum absolute atomic E-state index is 5.50. The van der Waals surface area contributed by atoms with Crippen LogP contribution in [0, 0.1) is 5.92 Å². The molecular weight excluding hydrogens is 230 g/mol. The van der Waals surface area contributed by atoms with Crippen LogP contribution in [-0.4, -0.2) is 29.3 Å².